The molecule has 0 radical (unpaired) electrons. The summed E-state index contributed by atoms with van der Waals surface area (Å²) >= 11 is 0. The summed E-state index contributed by atoms with van der Waals surface area (Å²) in [7, 11) is 0. The van der Waals surface area contributed by atoms with Gasteiger partial charge < -0.3 is 39.4 Å². The number of allylic oxidation sites excluding steroid dienone is 1. The molecule has 0 fully saturated rings. The second-order valence-electron chi connectivity index (χ2n) is 9.16. The Bertz CT molecular complexity index is 1340. The molecule has 0 aliphatic carbocycles. The third-order valence-electron chi connectivity index (χ3n) is 6.13. The Kier molecular flexibility index (Phi) is 13.9. The Morgan fingerprint density at radius 2 is 1.31 bits per heavy atom. The van der Waals surface area contributed by atoms with Gasteiger partial charge in [-0.2, -0.15) is 0 Å². The molecule has 45 heavy (non-hydrogen) atoms. The molecule has 0 spiro atoms. The third-order valence-corrected chi connectivity index (χ3v) is 6.13. The Morgan fingerprint density at radius 1 is 0.778 bits per heavy atom. The van der Waals surface area contributed by atoms with Crippen molar-refractivity contribution in [3.63, 3.8) is 0 Å². The minimum atomic E-state index is -3.76. The molecule has 0 saturated carbocycles. The number of hydrogen-bond donors (Lipinski definition) is 3. The van der Waals surface area contributed by atoms with Crippen LogP contribution in [0.1, 0.15) is 39.7 Å². The number of benzene rings is 1. The molecule has 0 bridgehead atoms. The van der Waals surface area contributed by atoms with Crippen LogP contribution in [0.25, 0.3) is 0 Å². The highest BCUT2D eigenvalue weighted by Crippen LogP contribution is 2.49. The molecule has 0 amide bonds. The number of nitrogens with one attached hydrogen (secondary N) is 2. The number of carbonyl (C=O) groups excluding carboxylic acids is 3. The molecular weight excluding hydrogens is 619 g/mol. The van der Waals surface area contributed by atoms with E-state index in [2.05, 4.69) is 10.6 Å². The van der Waals surface area contributed by atoms with Crippen molar-refractivity contribution in [2.45, 2.75) is 39.7 Å². The number of rotatable bonds is 16. The van der Waals surface area contributed by atoms with Gasteiger partial charge in [-0.15, -0.1) is 0 Å². The van der Waals surface area contributed by atoms with Gasteiger partial charge in [-0.05, 0) is 33.7 Å². The molecule has 1 aliphatic rings. The monoisotopic (exact) mass is 652 g/mol. The number of carboxylic acid groups (broad SMARTS) is 1. The van der Waals surface area contributed by atoms with Crippen LogP contribution in [-0.2, 0) is 48.5 Å². The predicted molar refractivity (Wildman–Crippen MR) is 143 cm³/mol. The molecule has 3 N–H and O–H groups in total. The van der Waals surface area contributed by atoms with Crippen LogP contribution < -0.4 is 10.6 Å². The molecule has 250 valence electrons. The van der Waals surface area contributed by atoms with Crippen molar-refractivity contribution in [2.24, 2.45) is 0 Å². The Balaban J connectivity index is 2.89. The first-order valence-electron chi connectivity index (χ1n) is 13.7. The lowest BCUT2D eigenvalue weighted by molar-refractivity contribution is -0.173. The molecular formula is C28H33F5N2O10. The lowest BCUT2D eigenvalue weighted by Gasteiger charge is -2.41. The second kappa shape index (κ2) is 16.8. The fourth-order valence-electron chi connectivity index (χ4n) is 4.37. The summed E-state index contributed by atoms with van der Waals surface area (Å²) in [5, 5.41) is 15.0. The lowest BCUT2D eigenvalue weighted by Crippen LogP contribution is -2.51. The van der Waals surface area contributed by atoms with Gasteiger partial charge in [-0.25, -0.2) is 41.1 Å². The minimum absolute atomic E-state index is 0.00943. The fraction of sp³-hybridized carbons (Fsp3) is 0.500. The first-order valence-corrected chi connectivity index (χ1v) is 13.7. The van der Waals surface area contributed by atoms with Crippen molar-refractivity contribution in [1.82, 2.24) is 10.6 Å². The van der Waals surface area contributed by atoms with Crippen molar-refractivity contribution in [2.75, 3.05) is 52.7 Å². The maximum Gasteiger partial charge on any atom is 0.418 e. The van der Waals surface area contributed by atoms with E-state index in [9.17, 15) is 37.5 Å². The summed E-state index contributed by atoms with van der Waals surface area (Å²) in [6, 6.07) is 0. The highest BCUT2D eigenvalue weighted by Gasteiger charge is 2.59. The van der Waals surface area contributed by atoms with E-state index in [0.717, 1.165) is 19.9 Å². The minimum Gasteiger partial charge on any atom is -0.473 e. The number of hydrogen-bond acceptors (Lipinski definition) is 11. The quantitative estimate of drug-likeness (QED) is 0.0457. The normalized spacial score (nSPS) is 16.4. The fourth-order valence-corrected chi connectivity index (χ4v) is 4.37. The van der Waals surface area contributed by atoms with Crippen LogP contribution in [0.2, 0.25) is 0 Å². The van der Waals surface area contributed by atoms with Crippen molar-refractivity contribution in [3.05, 3.63) is 57.2 Å². The van der Waals surface area contributed by atoms with Gasteiger partial charge in [0.2, 0.25) is 11.4 Å². The van der Waals surface area contributed by atoms with Crippen LogP contribution in [0.4, 0.5) is 22.0 Å². The zero-order valence-corrected chi connectivity index (χ0v) is 24.9. The average Bonchev–Trinajstić information content (AvgIpc) is 2.98. The third kappa shape index (κ3) is 8.15. The Morgan fingerprint density at radius 3 is 1.84 bits per heavy atom. The van der Waals surface area contributed by atoms with E-state index in [1.54, 1.807) is 0 Å². The smallest absolute Gasteiger partial charge is 0.418 e. The number of esters is 3. The van der Waals surface area contributed by atoms with Gasteiger partial charge in [0.1, 0.15) is 11.1 Å². The van der Waals surface area contributed by atoms with Gasteiger partial charge in [0.25, 0.3) is 0 Å². The Labute approximate surface area is 254 Å². The largest absolute Gasteiger partial charge is 0.473 e. The lowest BCUT2D eigenvalue weighted by atomic mass is 9.74. The number of carbonyl (C=O) groups is 4. The summed E-state index contributed by atoms with van der Waals surface area (Å²) in [6.07, 6.45) is 0.911. The molecule has 2 rings (SSSR count). The molecule has 0 saturated heterocycles. The van der Waals surface area contributed by atoms with Crippen molar-refractivity contribution < 1.29 is 69.9 Å². The number of dihydropyridines is 1. The SMILES string of the molecule is CCCNCCOCCOCC1=C(C(=O)OCC)C(OC(=O)C(=O)O)(c2c(F)c(F)c(F)c(F)c2F)C(C(=O)OCC)=C(C)N1. The summed E-state index contributed by atoms with van der Waals surface area (Å²) in [6.45, 7) is 5.48. The van der Waals surface area contributed by atoms with Crippen LogP contribution in [0.5, 0.6) is 0 Å². The van der Waals surface area contributed by atoms with Gasteiger partial charge in [0.05, 0.1) is 50.9 Å². The zero-order valence-electron chi connectivity index (χ0n) is 24.9. The molecule has 17 heteroatoms. The first kappa shape index (κ1) is 37.1. The van der Waals surface area contributed by atoms with Gasteiger partial charge in [-0.1, -0.05) is 6.92 Å². The molecule has 1 atom stereocenters. The summed E-state index contributed by atoms with van der Waals surface area (Å²) < 4.78 is 100. The van der Waals surface area contributed by atoms with E-state index >= 15 is 8.78 Å². The van der Waals surface area contributed by atoms with Gasteiger partial charge >= 0.3 is 23.9 Å². The van der Waals surface area contributed by atoms with Crippen LogP contribution in [0, 0.1) is 29.1 Å². The van der Waals surface area contributed by atoms with Crippen molar-refractivity contribution in [3.8, 4) is 0 Å². The van der Waals surface area contributed by atoms with Crippen LogP contribution in [0.3, 0.4) is 0 Å². The van der Waals surface area contributed by atoms with E-state index in [1.165, 1.54) is 13.8 Å². The molecule has 1 unspecified atom stereocenters. The molecule has 0 aromatic heterocycles. The van der Waals surface area contributed by atoms with Crippen molar-refractivity contribution in [1.29, 1.82) is 0 Å². The number of halogens is 5. The number of ether oxygens (including phenoxy) is 5. The highest BCUT2D eigenvalue weighted by molar-refractivity contribution is 6.29. The average molecular weight is 653 g/mol. The van der Waals surface area contributed by atoms with Crippen LogP contribution >= 0.6 is 0 Å². The van der Waals surface area contributed by atoms with E-state index in [-0.39, 0.29) is 13.2 Å². The van der Waals surface area contributed by atoms with E-state index in [0.29, 0.717) is 13.2 Å². The highest BCUT2D eigenvalue weighted by atomic mass is 19.2. The van der Waals surface area contributed by atoms with E-state index < -0.39 is 106 Å². The topological polar surface area (TPSA) is 159 Å². The van der Waals surface area contributed by atoms with Gasteiger partial charge in [-0.3, -0.25) is 0 Å². The zero-order chi connectivity index (χ0) is 33.9. The first-order chi connectivity index (χ1) is 21.3. The predicted octanol–water partition coefficient (Wildman–Crippen LogP) is 2.50. The second-order valence-corrected chi connectivity index (χ2v) is 9.16. The van der Waals surface area contributed by atoms with E-state index in [4.69, 9.17) is 23.7 Å². The number of carboxylic acids is 1. The molecule has 1 aromatic rings. The summed E-state index contributed by atoms with van der Waals surface area (Å²) in [4.78, 5) is 51.0. The molecule has 1 aromatic carbocycles. The Hall–Kier alpha value is -4.09. The van der Waals surface area contributed by atoms with Gasteiger partial charge in [0.15, 0.2) is 23.3 Å². The molecule has 1 heterocycles. The maximum absolute atomic E-state index is 15.6. The van der Waals surface area contributed by atoms with E-state index in [1.807, 2.05) is 6.92 Å². The standard InChI is InChI=1S/C28H33F5N2O10/c1-5-8-34-9-10-41-11-12-42-13-15-17(26(39)44-7-3)28(45-27(40)24(36)37,16(14(4)35-15)25(38)43-6-2)18-19(29)21(31)23(33)22(32)20(18)30/h34-35H,5-13H2,1-4H3,(H,36,37). The molecule has 1 aliphatic heterocycles. The summed E-state index contributed by atoms with van der Waals surface area (Å²) in [5.74, 6) is -21.0. The van der Waals surface area contributed by atoms with Crippen LogP contribution in [-0.4, -0.2) is 81.7 Å². The molecule has 12 nitrogen and oxygen atoms in total. The van der Waals surface area contributed by atoms with Crippen molar-refractivity contribution >= 4 is 23.9 Å². The van der Waals surface area contributed by atoms with Gasteiger partial charge in [0, 0.05) is 12.2 Å². The number of aliphatic carboxylic acids is 1. The van der Waals surface area contributed by atoms with Crippen LogP contribution in [0.15, 0.2) is 22.5 Å². The maximum atomic E-state index is 15.6. The summed E-state index contributed by atoms with van der Waals surface area (Å²) in [5.41, 5.74) is -9.24.